The van der Waals surface area contributed by atoms with E-state index in [2.05, 4.69) is 69.3 Å². The zero-order valence-electron chi connectivity index (χ0n) is 13.9. The number of hydrogen-bond donors (Lipinski definition) is 0. The number of nitriles is 2. The first-order valence-electron chi connectivity index (χ1n) is 7.67. The predicted molar refractivity (Wildman–Crippen MR) is 92.6 cm³/mol. The molecule has 3 rings (SSSR count). The Bertz CT molecular complexity index is 910. The molecule has 0 heterocycles. The monoisotopic (exact) mass is 298 g/mol. The van der Waals surface area contributed by atoms with Crippen LogP contribution in [-0.2, 0) is 5.41 Å². The molecule has 112 valence electrons. The molecule has 0 aliphatic heterocycles. The van der Waals surface area contributed by atoms with Crippen molar-refractivity contribution >= 4 is 5.57 Å². The number of fused-ring (bicyclic) bond motifs is 3. The van der Waals surface area contributed by atoms with Gasteiger partial charge in [0.15, 0.2) is 0 Å². The lowest BCUT2D eigenvalue weighted by atomic mass is 9.84. The average molecular weight is 298 g/mol. The Balaban J connectivity index is 2.40. The molecule has 0 saturated carbocycles. The zero-order valence-corrected chi connectivity index (χ0v) is 13.9. The summed E-state index contributed by atoms with van der Waals surface area (Å²) in [5.41, 5.74) is 7.49. The predicted octanol–water partition coefficient (Wildman–Crippen LogP) is 5.12. The molecule has 1 aliphatic carbocycles. The lowest BCUT2D eigenvalue weighted by Gasteiger charge is -2.20. The van der Waals surface area contributed by atoms with Gasteiger partial charge in [-0.15, -0.1) is 0 Å². The van der Waals surface area contributed by atoms with Gasteiger partial charge in [0.1, 0.15) is 17.7 Å². The van der Waals surface area contributed by atoms with E-state index in [1.807, 2.05) is 6.92 Å². The fraction of sp³-hybridized carbons (Fsp3) is 0.238. The van der Waals surface area contributed by atoms with Crippen LogP contribution in [0.2, 0.25) is 0 Å². The first-order chi connectivity index (χ1) is 10.9. The summed E-state index contributed by atoms with van der Waals surface area (Å²) in [5.74, 6) is 0. The third kappa shape index (κ3) is 2.33. The van der Waals surface area contributed by atoms with Crippen LogP contribution in [0, 0.1) is 29.6 Å². The highest BCUT2D eigenvalue weighted by Crippen LogP contribution is 2.47. The van der Waals surface area contributed by atoms with Crippen LogP contribution in [0.4, 0.5) is 0 Å². The molecule has 2 aromatic rings. The van der Waals surface area contributed by atoms with Crippen LogP contribution in [0.3, 0.4) is 0 Å². The van der Waals surface area contributed by atoms with Gasteiger partial charge in [0, 0.05) is 5.57 Å². The van der Waals surface area contributed by atoms with E-state index in [0.29, 0.717) is 0 Å². The average Bonchev–Trinajstić information content (AvgIpc) is 2.81. The highest BCUT2D eigenvalue weighted by atomic mass is 14.3. The molecule has 1 aliphatic rings. The van der Waals surface area contributed by atoms with Crippen molar-refractivity contribution in [1.82, 2.24) is 0 Å². The maximum atomic E-state index is 9.41. The van der Waals surface area contributed by atoms with Crippen LogP contribution in [0.25, 0.3) is 16.7 Å². The summed E-state index contributed by atoms with van der Waals surface area (Å²) >= 11 is 0. The smallest absolute Gasteiger partial charge is 0.138 e. The number of aryl methyl sites for hydroxylation is 1. The summed E-state index contributed by atoms with van der Waals surface area (Å²) in [4.78, 5) is 0. The highest BCUT2D eigenvalue weighted by Gasteiger charge is 2.28. The third-order valence-electron chi connectivity index (χ3n) is 4.36. The van der Waals surface area contributed by atoms with Crippen LogP contribution in [0.1, 0.15) is 43.0 Å². The molecule has 0 saturated heterocycles. The van der Waals surface area contributed by atoms with Gasteiger partial charge in [0.05, 0.1) is 0 Å². The molecule has 0 unspecified atom stereocenters. The normalized spacial score (nSPS) is 12.2. The van der Waals surface area contributed by atoms with E-state index in [4.69, 9.17) is 0 Å². The summed E-state index contributed by atoms with van der Waals surface area (Å²) < 4.78 is 0. The molecule has 0 bridgehead atoms. The van der Waals surface area contributed by atoms with Gasteiger partial charge < -0.3 is 0 Å². The van der Waals surface area contributed by atoms with E-state index in [0.717, 1.165) is 33.4 Å². The van der Waals surface area contributed by atoms with Gasteiger partial charge >= 0.3 is 0 Å². The highest BCUT2D eigenvalue weighted by molar-refractivity contribution is 6.04. The molecular formula is C21H18N2. The quantitative estimate of drug-likeness (QED) is 0.541. The molecule has 2 nitrogen and oxygen atoms in total. The first kappa shape index (κ1) is 15.1. The summed E-state index contributed by atoms with van der Waals surface area (Å²) in [6.07, 6.45) is 0. The Morgan fingerprint density at radius 2 is 1.39 bits per heavy atom. The molecule has 0 atom stereocenters. The lowest BCUT2D eigenvalue weighted by molar-refractivity contribution is 0.590. The first-order valence-corrected chi connectivity index (χ1v) is 7.67. The number of benzene rings is 2. The SMILES string of the molecule is Cc1ccc2c(c1)C(=C(C#N)C#N)c1cc(C(C)(C)C)ccc1-2. The fourth-order valence-electron chi connectivity index (χ4n) is 3.10. The van der Waals surface area contributed by atoms with E-state index in [1.165, 1.54) is 5.56 Å². The van der Waals surface area contributed by atoms with Crippen molar-refractivity contribution in [3.63, 3.8) is 0 Å². The second-order valence-electron chi connectivity index (χ2n) is 7.03. The number of hydrogen-bond acceptors (Lipinski definition) is 2. The second-order valence-corrected chi connectivity index (χ2v) is 7.03. The lowest BCUT2D eigenvalue weighted by Crippen LogP contribution is -2.11. The van der Waals surface area contributed by atoms with E-state index in [9.17, 15) is 10.5 Å². The van der Waals surface area contributed by atoms with Gasteiger partial charge in [-0.3, -0.25) is 0 Å². The van der Waals surface area contributed by atoms with Gasteiger partial charge in [-0.2, -0.15) is 10.5 Å². The molecule has 23 heavy (non-hydrogen) atoms. The van der Waals surface area contributed by atoms with Gasteiger partial charge in [-0.05, 0) is 46.2 Å². The van der Waals surface area contributed by atoms with Crippen molar-refractivity contribution in [1.29, 1.82) is 10.5 Å². The molecule has 0 spiro atoms. The number of rotatable bonds is 0. The van der Waals surface area contributed by atoms with Crippen LogP contribution in [0.5, 0.6) is 0 Å². The van der Waals surface area contributed by atoms with Crippen molar-refractivity contribution < 1.29 is 0 Å². The standard InChI is InChI=1S/C21H18N2/c1-13-5-7-16-17-8-6-15(21(2,3)4)10-19(17)20(18(16)9-13)14(11-22)12-23/h5-10H,1-4H3. The Labute approximate surface area is 137 Å². The summed E-state index contributed by atoms with van der Waals surface area (Å²) in [6, 6.07) is 16.8. The molecule has 2 heteroatoms. The summed E-state index contributed by atoms with van der Waals surface area (Å²) in [6.45, 7) is 8.53. The van der Waals surface area contributed by atoms with Gasteiger partial charge in [-0.25, -0.2) is 0 Å². The Morgan fingerprint density at radius 1 is 0.826 bits per heavy atom. The van der Waals surface area contributed by atoms with E-state index in [1.54, 1.807) is 0 Å². The van der Waals surface area contributed by atoms with Gasteiger partial charge in [0.25, 0.3) is 0 Å². The van der Waals surface area contributed by atoms with E-state index in [-0.39, 0.29) is 11.0 Å². The molecular weight excluding hydrogens is 280 g/mol. The van der Waals surface area contributed by atoms with E-state index >= 15 is 0 Å². The minimum Gasteiger partial charge on any atom is -0.192 e. The van der Waals surface area contributed by atoms with Gasteiger partial charge in [0.2, 0.25) is 0 Å². The maximum Gasteiger partial charge on any atom is 0.138 e. The number of nitrogens with zero attached hydrogens (tertiary/aromatic N) is 2. The molecule has 2 aromatic carbocycles. The number of allylic oxidation sites excluding steroid dienone is 1. The summed E-state index contributed by atoms with van der Waals surface area (Å²) in [7, 11) is 0. The molecule has 0 N–H and O–H groups in total. The minimum atomic E-state index is 0.0181. The van der Waals surface area contributed by atoms with Crippen molar-refractivity contribution in [2.24, 2.45) is 0 Å². The van der Waals surface area contributed by atoms with Crippen molar-refractivity contribution in [3.8, 4) is 23.3 Å². The van der Waals surface area contributed by atoms with Crippen LogP contribution < -0.4 is 0 Å². The zero-order chi connectivity index (χ0) is 16.8. The van der Waals surface area contributed by atoms with Gasteiger partial charge in [-0.1, -0.05) is 56.7 Å². The topological polar surface area (TPSA) is 47.6 Å². The van der Waals surface area contributed by atoms with Crippen molar-refractivity contribution in [2.45, 2.75) is 33.1 Å². The molecule has 0 radical (unpaired) electrons. The van der Waals surface area contributed by atoms with Crippen LogP contribution >= 0.6 is 0 Å². The van der Waals surface area contributed by atoms with Crippen LogP contribution in [0.15, 0.2) is 42.0 Å². The Kier molecular flexibility index (Phi) is 3.35. The largest absolute Gasteiger partial charge is 0.192 e. The van der Waals surface area contributed by atoms with E-state index < -0.39 is 0 Å². The molecule has 0 amide bonds. The molecule has 0 fully saturated rings. The van der Waals surface area contributed by atoms with Crippen LogP contribution in [-0.4, -0.2) is 0 Å². The Morgan fingerprint density at radius 3 is 1.96 bits per heavy atom. The van der Waals surface area contributed by atoms with Crippen molar-refractivity contribution in [3.05, 3.63) is 64.2 Å². The second kappa shape index (κ2) is 5.11. The Hall–Kier alpha value is -2.84. The minimum absolute atomic E-state index is 0.0181. The summed E-state index contributed by atoms with van der Waals surface area (Å²) in [5, 5.41) is 18.8. The third-order valence-corrected chi connectivity index (χ3v) is 4.36. The van der Waals surface area contributed by atoms with Crippen molar-refractivity contribution in [2.75, 3.05) is 0 Å². The maximum absolute atomic E-state index is 9.41. The fourth-order valence-corrected chi connectivity index (χ4v) is 3.10. The molecule has 0 aromatic heterocycles.